The predicted octanol–water partition coefficient (Wildman–Crippen LogP) is 5.85. The number of thioether (sulfide) groups is 1. The Morgan fingerprint density at radius 1 is 0.732 bits per heavy atom. The zero-order valence-corrected chi connectivity index (χ0v) is 33.0. The minimum atomic E-state index is -0.774. The molecule has 2 unspecified atom stereocenters. The van der Waals surface area contributed by atoms with Gasteiger partial charge in [-0.3, -0.25) is 19.2 Å². The van der Waals surface area contributed by atoms with Gasteiger partial charge in [-0.15, -0.1) is 11.8 Å². The Morgan fingerprint density at radius 2 is 1.30 bits per heavy atom. The number of benzene rings is 3. The number of carbonyl (C=O) groups is 5. The molecule has 6 rings (SSSR count). The van der Waals surface area contributed by atoms with Gasteiger partial charge in [0.05, 0.1) is 12.5 Å². The van der Waals surface area contributed by atoms with E-state index >= 15 is 0 Å². The zero-order chi connectivity index (χ0) is 39.3. The van der Waals surface area contributed by atoms with Gasteiger partial charge >= 0.3 is 5.97 Å². The molecular weight excluding hydrogens is 725 g/mol. The van der Waals surface area contributed by atoms with E-state index in [1.165, 1.54) is 7.11 Å². The van der Waals surface area contributed by atoms with E-state index in [4.69, 9.17) is 4.74 Å². The molecule has 0 spiro atoms. The Morgan fingerprint density at radius 3 is 1.89 bits per heavy atom. The number of carbonyl (C=O) groups excluding carboxylic acids is 5. The van der Waals surface area contributed by atoms with Crippen LogP contribution in [-0.2, 0) is 48.1 Å². The van der Waals surface area contributed by atoms with Crippen molar-refractivity contribution in [3.63, 3.8) is 0 Å². The van der Waals surface area contributed by atoms with Crippen LogP contribution in [-0.4, -0.2) is 82.3 Å². The number of esters is 1. The maximum Gasteiger partial charge on any atom is 0.328 e. The van der Waals surface area contributed by atoms with Crippen LogP contribution in [0.15, 0.2) is 103 Å². The first-order valence-corrected chi connectivity index (χ1v) is 21.0. The first kappa shape index (κ1) is 40.8. The monoisotopic (exact) mass is 778 g/mol. The van der Waals surface area contributed by atoms with Crippen molar-refractivity contribution in [2.24, 2.45) is 11.8 Å². The third-order valence-electron chi connectivity index (χ3n) is 11.1. The fraction of sp³-hybridized carbons (Fsp3) is 0.444. The van der Waals surface area contributed by atoms with Crippen molar-refractivity contribution < 1.29 is 28.7 Å². The third-order valence-corrected chi connectivity index (χ3v) is 12.5. The minimum absolute atomic E-state index is 0.108. The van der Waals surface area contributed by atoms with Crippen molar-refractivity contribution in [3.05, 3.63) is 120 Å². The van der Waals surface area contributed by atoms with Crippen LogP contribution in [0.5, 0.6) is 0 Å². The number of ether oxygens (including phenoxy) is 1. The van der Waals surface area contributed by atoms with Gasteiger partial charge in [0.15, 0.2) is 0 Å². The van der Waals surface area contributed by atoms with Crippen LogP contribution in [0.3, 0.4) is 0 Å². The van der Waals surface area contributed by atoms with Gasteiger partial charge in [-0.05, 0) is 86.7 Å². The highest BCUT2D eigenvalue weighted by Gasteiger charge is 2.44. The first-order chi connectivity index (χ1) is 27.3. The standard InChI is InChI=1S/C45H54N4O6S/c1-55-45(54)39-22-14-23-40-49(39)44(53)38(26-28-56-40)47-42(51)36(30-33-17-8-3-9-18-33)25-24-35(29-32-15-6-2-7-16-32)41(50)46-37-21-12-5-13-27-48(43(37)52)31-34-19-10-4-11-20-34/h2-12,15-20,35-40H,13-14,21-31H2,1H3,(H,46,50)(H,47,51)/b12-5-/t35-,36-,37?,38?,39+,40+/m1/s1. The van der Waals surface area contributed by atoms with Crippen LogP contribution in [0.25, 0.3) is 0 Å². The molecule has 3 aliphatic rings. The number of piperidine rings is 1. The lowest BCUT2D eigenvalue weighted by Crippen LogP contribution is -2.57. The number of fused-ring (bicyclic) bond motifs is 1. The van der Waals surface area contributed by atoms with Crippen molar-refractivity contribution in [3.8, 4) is 0 Å². The SMILES string of the molecule is COC(=O)[C@@H]1CCC[C@@H]2SCCC(NC(=O)[C@H](CC[C@H](Cc3ccccc3)C(=O)NC3C/C=C\CCN(Cc4ccccc4)C3=O)Cc3ccccc3)C(=O)N21. The van der Waals surface area contributed by atoms with Crippen LogP contribution in [0, 0.1) is 11.8 Å². The van der Waals surface area contributed by atoms with Gasteiger partial charge in [-0.2, -0.15) is 0 Å². The summed E-state index contributed by atoms with van der Waals surface area (Å²) in [5, 5.41) is 6.09. The molecule has 0 aliphatic carbocycles. The lowest BCUT2D eigenvalue weighted by Gasteiger charge is -2.40. The summed E-state index contributed by atoms with van der Waals surface area (Å²) in [6.45, 7) is 1.03. The Hall–Kier alpha value is -4.90. The molecule has 56 heavy (non-hydrogen) atoms. The summed E-state index contributed by atoms with van der Waals surface area (Å²) in [6.07, 6.45) is 9.45. The second kappa shape index (κ2) is 20.3. The predicted molar refractivity (Wildman–Crippen MR) is 218 cm³/mol. The number of hydrogen-bond acceptors (Lipinski definition) is 7. The maximum atomic E-state index is 14.3. The Balaban J connectivity index is 1.19. The van der Waals surface area contributed by atoms with Crippen molar-refractivity contribution >= 4 is 41.4 Å². The second-order valence-corrected chi connectivity index (χ2v) is 16.3. The third kappa shape index (κ3) is 10.9. The molecule has 11 heteroatoms. The molecule has 4 amide bonds. The normalized spacial score (nSPS) is 23.0. The second-order valence-electron chi connectivity index (χ2n) is 15.0. The smallest absolute Gasteiger partial charge is 0.328 e. The van der Waals surface area contributed by atoms with Crippen LogP contribution < -0.4 is 10.6 Å². The van der Waals surface area contributed by atoms with Crippen molar-refractivity contribution in [2.45, 2.75) is 94.3 Å². The van der Waals surface area contributed by atoms with Gasteiger partial charge in [0.2, 0.25) is 23.6 Å². The van der Waals surface area contributed by atoms with Gasteiger partial charge in [-0.1, -0.05) is 103 Å². The van der Waals surface area contributed by atoms with E-state index in [0.717, 1.165) is 36.0 Å². The molecule has 2 fully saturated rings. The molecule has 2 saturated heterocycles. The van der Waals surface area contributed by atoms with Gasteiger partial charge in [0.1, 0.15) is 18.1 Å². The molecule has 0 aromatic heterocycles. The van der Waals surface area contributed by atoms with Crippen molar-refractivity contribution in [2.75, 3.05) is 19.4 Å². The van der Waals surface area contributed by atoms with Gasteiger partial charge in [-0.25, -0.2) is 4.79 Å². The lowest BCUT2D eigenvalue weighted by molar-refractivity contribution is -0.156. The quantitative estimate of drug-likeness (QED) is 0.156. The molecular formula is C45H54N4O6S. The highest BCUT2D eigenvalue weighted by molar-refractivity contribution is 7.99. The van der Waals surface area contributed by atoms with E-state index in [2.05, 4.69) is 16.7 Å². The number of rotatable bonds is 14. The largest absolute Gasteiger partial charge is 0.467 e. The molecule has 3 heterocycles. The summed E-state index contributed by atoms with van der Waals surface area (Å²) in [7, 11) is 1.34. The fourth-order valence-corrected chi connectivity index (χ4v) is 9.46. The molecule has 3 aromatic rings. The average Bonchev–Trinajstić information content (AvgIpc) is 3.38. The van der Waals surface area contributed by atoms with Crippen LogP contribution in [0.4, 0.5) is 0 Å². The molecule has 10 nitrogen and oxygen atoms in total. The summed E-state index contributed by atoms with van der Waals surface area (Å²) >= 11 is 1.65. The molecule has 0 radical (unpaired) electrons. The maximum absolute atomic E-state index is 14.3. The zero-order valence-electron chi connectivity index (χ0n) is 32.2. The number of amides is 4. The van der Waals surface area contributed by atoms with Crippen molar-refractivity contribution in [1.82, 2.24) is 20.4 Å². The highest BCUT2D eigenvalue weighted by atomic mass is 32.2. The van der Waals surface area contributed by atoms with E-state index in [0.29, 0.717) is 63.8 Å². The van der Waals surface area contributed by atoms with Gasteiger partial charge < -0.3 is 25.2 Å². The summed E-state index contributed by atoms with van der Waals surface area (Å²) in [6, 6.07) is 27.3. The molecule has 0 saturated carbocycles. The average molecular weight is 779 g/mol. The van der Waals surface area contributed by atoms with E-state index in [-0.39, 0.29) is 29.0 Å². The number of nitrogens with one attached hydrogen (secondary N) is 2. The molecule has 0 bridgehead atoms. The van der Waals surface area contributed by atoms with Gasteiger partial charge in [0.25, 0.3) is 0 Å². The van der Waals surface area contributed by atoms with Crippen molar-refractivity contribution in [1.29, 1.82) is 0 Å². The van der Waals surface area contributed by atoms with Crippen LogP contribution in [0.1, 0.15) is 68.1 Å². The summed E-state index contributed by atoms with van der Waals surface area (Å²) in [5.74, 6) is -1.63. The topological polar surface area (TPSA) is 125 Å². The van der Waals surface area contributed by atoms with E-state index in [1.54, 1.807) is 16.7 Å². The molecule has 296 valence electrons. The lowest BCUT2D eigenvalue weighted by atomic mass is 9.86. The number of nitrogens with zero attached hydrogens (tertiary/aromatic N) is 2. The molecule has 6 atom stereocenters. The minimum Gasteiger partial charge on any atom is -0.467 e. The summed E-state index contributed by atoms with van der Waals surface area (Å²) in [4.78, 5) is 72.9. The molecule has 3 aromatic carbocycles. The van der Waals surface area contributed by atoms with E-state index < -0.39 is 35.9 Å². The van der Waals surface area contributed by atoms with E-state index in [1.807, 2.05) is 102 Å². The van der Waals surface area contributed by atoms with E-state index in [9.17, 15) is 24.0 Å². The summed E-state index contributed by atoms with van der Waals surface area (Å²) in [5.41, 5.74) is 3.00. The molecule has 2 N–H and O–H groups in total. The Bertz CT molecular complexity index is 1810. The molecule has 3 aliphatic heterocycles. The van der Waals surface area contributed by atoms with Gasteiger partial charge in [0, 0.05) is 24.9 Å². The summed E-state index contributed by atoms with van der Waals surface area (Å²) < 4.78 is 5.07. The van der Waals surface area contributed by atoms with Crippen LogP contribution >= 0.6 is 11.8 Å². The first-order valence-electron chi connectivity index (χ1n) is 20.0. The van der Waals surface area contributed by atoms with Crippen LogP contribution in [0.2, 0.25) is 0 Å². The Kier molecular flexibility index (Phi) is 14.8. The number of methoxy groups -OCH3 is 1. The number of hydrogen-bond donors (Lipinski definition) is 2. The fourth-order valence-electron chi connectivity index (χ4n) is 8.07. The highest BCUT2D eigenvalue weighted by Crippen LogP contribution is 2.35. The Labute approximate surface area is 334 Å².